The normalized spacial score (nSPS) is 11.2. The van der Waals surface area contributed by atoms with E-state index in [2.05, 4.69) is 20.6 Å². The third kappa shape index (κ3) is 5.88. The fourth-order valence-electron chi connectivity index (χ4n) is 2.63. The van der Waals surface area contributed by atoms with Crippen molar-refractivity contribution in [3.05, 3.63) is 58.4 Å². The van der Waals surface area contributed by atoms with E-state index in [1.54, 1.807) is 0 Å². The molecule has 1 N–H and O–H groups in total. The number of anilines is 1. The average molecular weight is 437 g/mol. The second-order valence-electron chi connectivity index (χ2n) is 6.16. The predicted octanol–water partition coefficient (Wildman–Crippen LogP) is 3.26. The third-order valence-electron chi connectivity index (χ3n) is 3.97. The Labute approximate surface area is 175 Å². The molecule has 30 heavy (non-hydrogen) atoms. The zero-order chi connectivity index (χ0) is 21.5. The van der Waals surface area contributed by atoms with Crippen molar-refractivity contribution in [3.8, 4) is 0 Å². The molecule has 160 valence electrons. The lowest BCUT2D eigenvalue weighted by molar-refractivity contribution is -0.145. The first-order valence-corrected chi connectivity index (χ1v) is 10.1. The van der Waals surface area contributed by atoms with Gasteiger partial charge in [-0.05, 0) is 25.5 Å². The molecule has 2 heterocycles. The van der Waals surface area contributed by atoms with E-state index in [9.17, 15) is 13.6 Å². The van der Waals surface area contributed by atoms with E-state index in [1.165, 1.54) is 40.5 Å². The number of nitrogens with one attached hydrogen (secondary N) is 1. The molecule has 11 heteroatoms. The Morgan fingerprint density at radius 1 is 1.27 bits per heavy atom. The fourth-order valence-corrected chi connectivity index (χ4v) is 3.46. The number of carbonyl (C=O) groups excluding carboxylic acids is 1. The number of nitrogens with zero attached hydrogens (tertiary/aromatic N) is 4. The second-order valence-corrected chi connectivity index (χ2v) is 7.28. The van der Waals surface area contributed by atoms with Crippen LogP contribution in [0.5, 0.6) is 0 Å². The predicted molar refractivity (Wildman–Crippen MR) is 106 cm³/mol. The van der Waals surface area contributed by atoms with Crippen molar-refractivity contribution in [2.24, 2.45) is 0 Å². The van der Waals surface area contributed by atoms with Gasteiger partial charge in [-0.3, -0.25) is 10.1 Å². The summed E-state index contributed by atoms with van der Waals surface area (Å²) in [5.74, 6) is -1.72. The van der Waals surface area contributed by atoms with E-state index in [1.807, 2.05) is 13.8 Å². The molecule has 0 aliphatic rings. The van der Waals surface area contributed by atoms with E-state index in [0.29, 0.717) is 30.5 Å². The molecule has 0 saturated carbocycles. The molecule has 0 spiro atoms. The zero-order valence-corrected chi connectivity index (χ0v) is 17.3. The van der Waals surface area contributed by atoms with Gasteiger partial charge >= 0.3 is 0 Å². The molecule has 0 unspecified atom stereocenters. The van der Waals surface area contributed by atoms with Gasteiger partial charge in [-0.15, -0.1) is 16.4 Å². The number of thiazole rings is 1. The molecule has 8 nitrogen and oxygen atoms in total. The summed E-state index contributed by atoms with van der Waals surface area (Å²) in [6.45, 7) is 4.99. The number of hydrogen-bond acceptors (Lipinski definition) is 7. The van der Waals surface area contributed by atoms with Crippen LogP contribution in [0.15, 0.2) is 30.6 Å². The van der Waals surface area contributed by atoms with Gasteiger partial charge in [0, 0.05) is 36.8 Å². The van der Waals surface area contributed by atoms with Crippen molar-refractivity contribution < 1.29 is 23.0 Å². The van der Waals surface area contributed by atoms with Crippen molar-refractivity contribution in [2.45, 2.75) is 33.1 Å². The van der Waals surface area contributed by atoms with Crippen LogP contribution < -0.4 is 5.32 Å². The summed E-state index contributed by atoms with van der Waals surface area (Å²) in [4.78, 5) is 17.2. The average Bonchev–Trinajstić information content (AvgIpc) is 3.34. The van der Waals surface area contributed by atoms with Gasteiger partial charge in [-0.1, -0.05) is 11.3 Å². The summed E-state index contributed by atoms with van der Waals surface area (Å²) in [5, 5.41) is 10.8. The van der Waals surface area contributed by atoms with Crippen LogP contribution in [-0.2, 0) is 22.4 Å². The number of benzene rings is 1. The van der Waals surface area contributed by atoms with Crippen LogP contribution in [0.4, 0.5) is 13.9 Å². The molecule has 0 saturated heterocycles. The Morgan fingerprint density at radius 2 is 2.03 bits per heavy atom. The van der Waals surface area contributed by atoms with Gasteiger partial charge in [0.05, 0.1) is 12.7 Å². The van der Waals surface area contributed by atoms with Crippen molar-refractivity contribution >= 4 is 22.4 Å². The maximum absolute atomic E-state index is 13.8. The number of rotatable bonds is 10. The fraction of sp³-hybridized carbons (Fsp3) is 0.368. The highest BCUT2D eigenvalue weighted by Gasteiger charge is 2.16. The first-order valence-electron chi connectivity index (χ1n) is 9.31. The minimum Gasteiger partial charge on any atom is -0.351 e. The van der Waals surface area contributed by atoms with Gasteiger partial charge in [0.1, 0.15) is 11.6 Å². The monoisotopic (exact) mass is 437 g/mol. The Hall–Kier alpha value is -2.76. The lowest BCUT2D eigenvalue weighted by Gasteiger charge is -2.16. The standard InChI is InChI=1S/C19H21F2N5O3S/c1-3-28-17(29-4-2)11-26-10-16(24-25-26)18(27)23-19-22-9-14(30-19)7-12-5-6-13(20)8-15(12)21/h5-6,8-10,17H,3-4,7,11H2,1-2H3,(H,22,23,27). The Balaban J connectivity index is 1.59. The summed E-state index contributed by atoms with van der Waals surface area (Å²) in [7, 11) is 0. The molecule has 0 aliphatic heterocycles. The first-order chi connectivity index (χ1) is 14.5. The largest absolute Gasteiger partial charge is 0.351 e. The summed E-state index contributed by atoms with van der Waals surface area (Å²) in [6.07, 6.45) is 2.79. The molecule has 0 atom stereocenters. The number of ether oxygens (including phenoxy) is 2. The number of halogens is 2. The number of amides is 1. The first kappa shape index (κ1) is 21.9. The molecule has 3 rings (SSSR count). The van der Waals surface area contributed by atoms with Crippen molar-refractivity contribution in [3.63, 3.8) is 0 Å². The highest BCUT2D eigenvalue weighted by molar-refractivity contribution is 7.15. The van der Waals surface area contributed by atoms with E-state index in [-0.39, 0.29) is 12.1 Å². The van der Waals surface area contributed by atoms with E-state index in [4.69, 9.17) is 9.47 Å². The van der Waals surface area contributed by atoms with Gasteiger partial charge in [0.2, 0.25) is 0 Å². The number of hydrogen-bond donors (Lipinski definition) is 1. The summed E-state index contributed by atoms with van der Waals surface area (Å²) >= 11 is 1.20. The minimum absolute atomic E-state index is 0.114. The molecular weight excluding hydrogens is 416 g/mol. The molecular formula is C19H21F2N5O3S. The van der Waals surface area contributed by atoms with Crippen molar-refractivity contribution in [2.75, 3.05) is 18.5 Å². The molecule has 1 aromatic carbocycles. The molecule has 0 aliphatic carbocycles. The highest BCUT2D eigenvalue weighted by atomic mass is 32.1. The number of carbonyl (C=O) groups is 1. The summed E-state index contributed by atoms with van der Waals surface area (Å²) < 4.78 is 39.2. The van der Waals surface area contributed by atoms with Crippen molar-refractivity contribution in [1.29, 1.82) is 0 Å². The van der Waals surface area contributed by atoms with Crippen LogP contribution in [-0.4, -0.2) is 45.4 Å². The van der Waals surface area contributed by atoms with Crippen LogP contribution in [0.2, 0.25) is 0 Å². The van der Waals surface area contributed by atoms with Gasteiger partial charge in [-0.2, -0.15) is 0 Å². The summed E-state index contributed by atoms with van der Waals surface area (Å²) in [6, 6.07) is 3.43. The number of aromatic nitrogens is 4. The molecule has 1 amide bonds. The van der Waals surface area contributed by atoms with Gasteiger partial charge in [0.15, 0.2) is 17.1 Å². The zero-order valence-electron chi connectivity index (χ0n) is 16.5. The topological polar surface area (TPSA) is 91.2 Å². The quantitative estimate of drug-likeness (QED) is 0.490. The van der Waals surface area contributed by atoms with Crippen LogP contribution >= 0.6 is 11.3 Å². The molecule has 3 aromatic rings. The second kappa shape index (κ2) is 10.3. The molecule has 2 aromatic heterocycles. The Kier molecular flexibility index (Phi) is 7.55. The third-order valence-corrected chi connectivity index (χ3v) is 4.88. The lowest BCUT2D eigenvalue weighted by atomic mass is 10.1. The van der Waals surface area contributed by atoms with Crippen LogP contribution in [0.1, 0.15) is 34.8 Å². The molecule has 0 radical (unpaired) electrons. The Morgan fingerprint density at radius 3 is 2.73 bits per heavy atom. The van der Waals surface area contributed by atoms with E-state index >= 15 is 0 Å². The van der Waals surface area contributed by atoms with Gasteiger partial charge in [-0.25, -0.2) is 18.4 Å². The summed E-state index contributed by atoms with van der Waals surface area (Å²) in [5.41, 5.74) is 0.460. The van der Waals surface area contributed by atoms with Crippen LogP contribution in [0, 0.1) is 11.6 Å². The SMILES string of the molecule is CCOC(Cn1cc(C(=O)Nc2ncc(Cc3ccc(F)cc3F)s2)nn1)OCC. The molecule has 0 bridgehead atoms. The van der Waals surface area contributed by atoms with E-state index < -0.39 is 23.8 Å². The van der Waals surface area contributed by atoms with Gasteiger partial charge < -0.3 is 9.47 Å². The maximum atomic E-state index is 13.8. The van der Waals surface area contributed by atoms with Crippen molar-refractivity contribution in [1.82, 2.24) is 20.0 Å². The Bertz CT molecular complexity index is 988. The lowest BCUT2D eigenvalue weighted by Crippen LogP contribution is -2.24. The maximum Gasteiger partial charge on any atom is 0.279 e. The van der Waals surface area contributed by atoms with Crippen LogP contribution in [0.25, 0.3) is 0 Å². The van der Waals surface area contributed by atoms with Crippen LogP contribution in [0.3, 0.4) is 0 Å². The van der Waals surface area contributed by atoms with Gasteiger partial charge in [0.25, 0.3) is 5.91 Å². The smallest absolute Gasteiger partial charge is 0.279 e. The molecule has 0 fully saturated rings. The highest BCUT2D eigenvalue weighted by Crippen LogP contribution is 2.23. The minimum atomic E-state index is -0.629. The van der Waals surface area contributed by atoms with E-state index in [0.717, 1.165) is 10.9 Å².